The number of nitriles is 1. The summed E-state index contributed by atoms with van der Waals surface area (Å²) in [6.45, 7) is -0.321. The molecule has 0 spiro atoms. The number of carbonyl (C=O) groups is 2. The molecule has 92 valence electrons. The van der Waals surface area contributed by atoms with Gasteiger partial charge in [0.25, 0.3) is 11.8 Å². The van der Waals surface area contributed by atoms with Crippen molar-refractivity contribution in [1.82, 2.24) is 0 Å². The van der Waals surface area contributed by atoms with Gasteiger partial charge in [-0.15, -0.1) is 0 Å². The Labute approximate surface area is 103 Å². The van der Waals surface area contributed by atoms with E-state index in [9.17, 15) is 9.59 Å². The van der Waals surface area contributed by atoms with Crippen molar-refractivity contribution in [1.29, 1.82) is 5.26 Å². The van der Waals surface area contributed by atoms with Crippen molar-refractivity contribution < 1.29 is 19.1 Å². The minimum atomic E-state index is -0.413. The number of hydrogen-bond donors (Lipinski definition) is 0. The minimum absolute atomic E-state index is 0.0888. The van der Waals surface area contributed by atoms with Crippen molar-refractivity contribution in [3.8, 4) is 11.8 Å². The highest BCUT2D eigenvalue weighted by atomic mass is 16.5. The normalized spacial score (nSPS) is 15.4. The number of hydrogen-bond acceptors (Lipinski definition) is 5. The Bertz CT molecular complexity index is 505. The summed E-state index contributed by atoms with van der Waals surface area (Å²) in [6, 6.07) is 8.31. The molecule has 2 rings (SSSR count). The van der Waals surface area contributed by atoms with Gasteiger partial charge in [-0.25, -0.2) is 4.90 Å². The van der Waals surface area contributed by atoms with Crippen LogP contribution in [-0.2, 0) is 14.3 Å². The van der Waals surface area contributed by atoms with E-state index < -0.39 is 11.8 Å². The van der Waals surface area contributed by atoms with E-state index >= 15 is 0 Å². The lowest BCUT2D eigenvalue weighted by Crippen LogP contribution is -2.46. The summed E-state index contributed by atoms with van der Waals surface area (Å²) in [7, 11) is 0. The molecule has 6 heteroatoms. The summed E-state index contributed by atoms with van der Waals surface area (Å²) in [5, 5.41) is 8.42. The van der Waals surface area contributed by atoms with Gasteiger partial charge in [0.1, 0.15) is 25.0 Å². The topological polar surface area (TPSA) is 79.6 Å². The van der Waals surface area contributed by atoms with Crippen LogP contribution in [0.2, 0.25) is 0 Å². The number of imide groups is 1. The van der Waals surface area contributed by atoms with E-state index in [0.717, 1.165) is 4.90 Å². The first-order valence-electron chi connectivity index (χ1n) is 5.25. The molecule has 6 nitrogen and oxygen atoms in total. The fourth-order valence-electron chi connectivity index (χ4n) is 1.61. The first-order valence-corrected chi connectivity index (χ1v) is 5.25. The molecule has 1 aliphatic rings. The number of rotatable bonds is 3. The molecule has 0 bridgehead atoms. The third-order valence-electron chi connectivity index (χ3n) is 2.33. The second-order valence-corrected chi connectivity index (χ2v) is 3.56. The second-order valence-electron chi connectivity index (χ2n) is 3.56. The molecule has 1 saturated heterocycles. The Morgan fingerprint density at radius 2 is 2.06 bits per heavy atom. The van der Waals surface area contributed by atoms with E-state index in [2.05, 4.69) is 0 Å². The predicted molar refractivity (Wildman–Crippen MR) is 60.9 cm³/mol. The third-order valence-corrected chi connectivity index (χ3v) is 2.33. The van der Waals surface area contributed by atoms with Crippen molar-refractivity contribution >= 4 is 17.5 Å². The average molecular weight is 246 g/mol. The zero-order chi connectivity index (χ0) is 13.0. The van der Waals surface area contributed by atoms with Crippen LogP contribution < -0.4 is 9.64 Å². The van der Waals surface area contributed by atoms with Crippen molar-refractivity contribution in [2.75, 3.05) is 24.7 Å². The molecule has 0 aromatic heterocycles. The lowest BCUT2D eigenvalue weighted by Gasteiger charge is -2.25. The molecule has 0 radical (unpaired) electrons. The highest BCUT2D eigenvalue weighted by molar-refractivity contribution is 6.17. The summed E-state index contributed by atoms with van der Waals surface area (Å²) < 4.78 is 9.94. The highest BCUT2D eigenvalue weighted by Gasteiger charge is 2.28. The molecule has 2 amide bonds. The number of carbonyl (C=O) groups excluding carboxylic acids is 2. The third kappa shape index (κ3) is 2.47. The van der Waals surface area contributed by atoms with E-state index in [1.54, 1.807) is 24.3 Å². The average Bonchev–Trinajstić information content (AvgIpc) is 2.37. The number of amides is 2. The monoisotopic (exact) mass is 246 g/mol. The van der Waals surface area contributed by atoms with Gasteiger partial charge in [0.15, 0.2) is 6.61 Å². The van der Waals surface area contributed by atoms with Crippen molar-refractivity contribution in [3.63, 3.8) is 0 Å². The maximum atomic E-state index is 11.6. The van der Waals surface area contributed by atoms with Gasteiger partial charge in [0.2, 0.25) is 0 Å². The van der Waals surface area contributed by atoms with Gasteiger partial charge in [-0.2, -0.15) is 5.26 Å². The van der Waals surface area contributed by atoms with E-state index in [4.69, 9.17) is 14.7 Å². The fraction of sp³-hybridized carbons (Fsp3) is 0.250. The Morgan fingerprint density at radius 3 is 2.72 bits per heavy atom. The van der Waals surface area contributed by atoms with Gasteiger partial charge in [-0.1, -0.05) is 6.07 Å². The van der Waals surface area contributed by atoms with Gasteiger partial charge >= 0.3 is 0 Å². The second kappa shape index (κ2) is 5.29. The molecule has 0 saturated carbocycles. The van der Waals surface area contributed by atoms with Gasteiger partial charge in [-0.05, 0) is 12.1 Å². The largest absolute Gasteiger partial charge is 0.479 e. The number of anilines is 1. The minimum Gasteiger partial charge on any atom is -0.479 e. The zero-order valence-electron chi connectivity index (χ0n) is 9.46. The van der Waals surface area contributed by atoms with Gasteiger partial charge in [0.05, 0.1) is 5.69 Å². The molecule has 1 fully saturated rings. The lowest BCUT2D eigenvalue weighted by molar-refractivity contribution is -0.138. The first-order chi connectivity index (χ1) is 8.72. The van der Waals surface area contributed by atoms with Crippen LogP contribution in [0.4, 0.5) is 5.69 Å². The van der Waals surface area contributed by atoms with Gasteiger partial charge in [-0.3, -0.25) is 9.59 Å². The molecular weight excluding hydrogens is 236 g/mol. The quantitative estimate of drug-likeness (QED) is 0.724. The van der Waals surface area contributed by atoms with Crippen LogP contribution in [-0.4, -0.2) is 31.6 Å². The first kappa shape index (κ1) is 12.1. The Balaban J connectivity index is 2.24. The van der Waals surface area contributed by atoms with Crippen LogP contribution in [0.3, 0.4) is 0 Å². The highest BCUT2D eigenvalue weighted by Crippen LogP contribution is 2.22. The van der Waals surface area contributed by atoms with Crippen LogP contribution in [0, 0.1) is 11.3 Å². The summed E-state index contributed by atoms with van der Waals surface area (Å²) in [5.74, 6) is -0.395. The van der Waals surface area contributed by atoms with Crippen LogP contribution in [0.25, 0.3) is 0 Å². The van der Waals surface area contributed by atoms with Crippen molar-refractivity contribution in [2.24, 2.45) is 0 Å². The lowest BCUT2D eigenvalue weighted by atomic mass is 10.2. The maximum Gasteiger partial charge on any atom is 0.259 e. The van der Waals surface area contributed by atoms with E-state index in [1.165, 1.54) is 0 Å². The van der Waals surface area contributed by atoms with Crippen LogP contribution >= 0.6 is 0 Å². The van der Waals surface area contributed by atoms with Crippen LogP contribution in [0.1, 0.15) is 0 Å². The van der Waals surface area contributed by atoms with E-state index in [1.807, 2.05) is 6.07 Å². The molecule has 0 aliphatic carbocycles. The molecule has 1 heterocycles. The molecule has 18 heavy (non-hydrogen) atoms. The summed E-state index contributed by atoms with van der Waals surface area (Å²) in [4.78, 5) is 24.3. The van der Waals surface area contributed by atoms with Gasteiger partial charge in [0, 0.05) is 6.07 Å². The zero-order valence-corrected chi connectivity index (χ0v) is 9.46. The standard InChI is InChI=1S/C12H10N2O4/c13-4-5-18-10-3-1-2-9(6-10)14-11(15)7-17-8-12(14)16/h1-3,6H,5,7-8H2. The molecule has 0 atom stereocenters. The number of morpholine rings is 1. The maximum absolute atomic E-state index is 11.6. The molecule has 1 aromatic carbocycles. The molecular formula is C12H10N2O4. The number of ether oxygens (including phenoxy) is 2. The molecule has 0 N–H and O–H groups in total. The summed E-state index contributed by atoms with van der Waals surface area (Å²) in [6.07, 6.45) is 0. The van der Waals surface area contributed by atoms with Crippen LogP contribution in [0.5, 0.6) is 5.75 Å². The van der Waals surface area contributed by atoms with E-state index in [0.29, 0.717) is 11.4 Å². The smallest absolute Gasteiger partial charge is 0.259 e. The summed E-state index contributed by atoms with van der Waals surface area (Å²) >= 11 is 0. The SMILES string of the molecule is N#CCOc1cccc(N2C(=O)COCC2=O)c1. The Morgan fingerprint density at radius 1 is 1.33 bits per heavy atom. The fourth-order valence-corrected chi connectivity index (χ4v) is 1.61. The van der Waals surface area contributed by atoms with Crippen molar-refractivity contribution in [2.45, 2.75) is 0 Å². The van der Waals surface area contributed by atoms with E-state index in [-0.39, 0.29) is 19.8 Å². The number of benzene rings is 1. The number of nitrogens with zero attached hydrogens (tertiary/aromatic N) is 2. The summed E-state index contributed by atoms with van der Waals surface area (Å²) in [5.41, 5.74) is 0.420. The Kier molecular flexibility index (Phi) is 3.55. The molecule has 1 aliphatic heterocycles. The Hall–Kier alpha value is -2.39. The van der Waals surface area contributed by atoms with Crippen LogP contribution in [0.15, 0.2) is 24.3 Å². The van der Waals surface area contributed by atoms with Gasteiger partial charge < -0.3 is 9.47 Å². The van der Waals surface area contributed by atoms with Crippen molar-refractivity contribution in [3.05, 3.63) is 24.3 Å². The molecule has 0 unspecified atom stereocenters. The predicted octanol–water partition coefficient (Wildman–Crippen LogP) is 0.479. The molecule has 1 aromatic rings.